The Morgan fingerprint density at radius 3 is 2.65 bits per heavy atom. The first-order valence-electron chi connectivity index (χ1n) is 5.91. The third-order valence-electron chi connectivity index (χ3n) is 2.53. The standard InChI is InChI=1S/C13H21N3O/c1-14-11-13(17)15-9-6-10-16(2)12-7-4-3-5-8-12/h3-5,7-8,14H,6,9-11H2,1-2H3,(H,15,17). The quantitative estimate of drug-likeness (QED) is 0.689. The zero-order chi connectivity index (χ0) is 12.5. The van der Waals surface area contributed by atoms with E-state index in [0.717, 1.165) is 19.5 Å². The van der Waals surface area contributed by atoms with E-state index < -0.39 is 0 Å². The first kappa shape index (κ1) is 13.5. The van der Waals surface area contributed by atoms with E-state index in [-0.39, 0.29) is 5.91 Å². The summed E-state index contributed by atoms with van der Waals surface area (Å²) in [6.07, 6.45) is 0.945. The number of likely N-dealkylation sites (N-methyl/N-ethyl adjacent to an activating group) is 1. The van der Waals surface area contributed by atoms with E-state index >= 15 is 0 Å². The lowest BCUT2D eigenvalue weighted by Crippen LogP contribution is -2.34. The molecule has 0 saturated heterocycles. The van der Waals surface area contributed by atoms with Crippen molar-refractivity contribution in [1.82, 2.24) is 10.6 Å². The molecule has 1 amide bonds. The van der Waals surface area contributed by atoms with Gasteiger partial charge in [0.15, 0.2) is 0 Å². The second-order valence-corrected chi connectivity index (χ2v) is 3.99. The first-order chi connectivity index (χ1) is 8.24. The smallest absolute Gasteiger partial charge is 0.233 e. The van der Waals surface area contributed by atoms with Gasteiger partial charge in [-0.15, -0.1) is 0 Å². The van der Waals surface area contributed by atoms with Crippen LogP contribution in [0.2, 0.25) is 0 Å². The highest BCUT2D eigenvalue weighted by molar-refractivity contribution is 5.77. The summed E-state index contributed by atoms with van der Waals surface area (Å²) in [5, 5.41) is 5.68. The van der Waals surface area contributed by atoms with Crippen LogP contribution in [-0.4, -0.2) is 39.6 Å². The highest BCUT2D eigenvalue weighted by atomic mass is 16.1. The molecule has 0 aromatic heterocycles. The van der Waals surface area contributed by atoms with Crippen molar-refractivity contribution < 1.29 is 4.79 Å². The lowest BCUT2D eigenvalue weighted by Gasteiger charge is -2.19. The molecule has 0 aliphatic rings. The summed E-state index contributed by atoms with van der Waals surface area (Å²) in [6, 6.07) is 10.2. The molecule has 0 heterocycles. The van der Waals surface area contributed by atoms with Gasteiger partial charge >= 0.3 is 0 Å². The minimum atomic E-state index is 0.0508. The number of nitrogens with zero attached hydrogens (tertiary/aromatic N) is 1. The molecule has 1 rings (SSSR count). The monoisotopic (exact) mass is 235 g/mol. The molecular weight excluding hydrogens is 214 g/mol. The Labute approximate surface area is 103 Å². The average molecular weight is 235 g/mol. The predicted molar refractivity (Wildman–Crippen MR) is 71.3 cm³/mol. The fraction of sp³-hybridized carbons (Fsp3) is 0.462. The molecule has 0 fully saturated rings. The van der Waals surface area contributed by atoms with Crippen LogP contribution in [0.3, 0.4) is 0 Å². The third kappa shape index (κ3) is 5.36. The molecule has 0 aliphatic heterocycles. The first-order valence-corrected chi connectivity index (χ1v) is 5.91. The fourth-order valence-corrected chi connectivity index (χ4v) is 1.58. The number of rotatable bonds is 7. The molecule has 0 spiro atoms. The summed E-state index contributed by atoms with van der Waals surface area (Å²) in [6.45, 7) is 2.04. The Hall–Kier alpha value is -1.55. The maximum Gasteiger partial charge on any atom is 0.233 e. The van der Waals surface area contributed by atoms with Crippen molar-refractivity contribution in [2.45, 2.75) is 6.42 Å². The van der Waals surface area contributed by atoms with Crippen molar-refractivity contribution in [3.05, 3.63) is 30.3 Å². The second-order valence-electron chi connectivity index (χ2n) is 3.99. The molecular formula is C13H21N3O. The van der Waals surface area contributed by atoms with Gasteiger partial charge in [0.1, 0.15) is 0 Å². The van der Waals surface area contributed by atoms with Crippen LogP contribution in [0.5, 0.6) is 0 Å². The van der Waals surface area contributed by atoms with Crippen LogP contribution in [-0.2, 0) is 4.79 Å². The Morgan fingerprint density at radius 1 is 1.29 bits per heavy atom. The maximum atomic E-state index is 11.2. The van der Waals surface area contributed by atoms with E-state index in [1.54, 1.807) is 7.05 Å². The van der Waals surface area contributed by atoms with Gasteiger partial charge in [0.05, 0.1) is 6.54 Å². The van der Waals surface area contributed by atoms with Crippen molar-refractivity contribution in [2.75, 3.05) is 38.6 Å². The lowest BCUT2D eigenvalue weighted by atomic mass is 10.3. The van der Waals surface area contributed by atoms with Gasteiger partial charge in [-0.3, -0.25) is 4.79 Å². The van der Waals surface area contributed by atoms with Crippen LogP contribution in [0.25, 0.3) is 0 Å². The van der Waals surface area contributed by atoms with Crippen molar-refractivity contribution >= 4 is 11.6 Å². The highest BCUT2D eigenvalue weighted by Gasteiger charge is 2.00. The van der Waals surface area contributed by atoms with Crippen LogP contribution in [0.1, 0.15) is 6.42 Å². The van der Waals surface area contributed by atoms with Crippen molar-refractivity contribution in [2.24, 2.45) is 0 Å². The summed E-state index contributed by atoms with van der Waals surface area (Å²) < 4.78 is 0. The minimum absolute atomic E-state index is 0.0508. The predicted octanol–water partition coefficient (Wildman–Crippen LogP) is 0.848. The van der Waals surface area contributed by atoms with Crippen LogP contribution < -0.4 is 15.5 Å². The largest absolute Gasteiger partial charge is 0.375 e. The van der Waals surface area contributed by atoms with E-state index in [9.17, 15) is 4.79 Å². The number of nitrogens with one attached hydrogen (secondary N) is 2. The minimum Gasteiger partial charge on any atom is -0.375 e. The summed E-state index contributed by atoms with van der Waals surface area (Å²) in [5.41, 5.74) is 1.20. The average Bonchev–Trinajstić information content (AvgIpc) is 2.36. The topological polar surface area (TPSA) is 44.4 Å². The molecule has 0 bridgehead atoms. The van der Waals surface area contributed by atoms with Crippen molar-refractivity contribution in [3.8, 4) is 0 Å². The summed E-state index contributed by atoms with van der Waals surface area (Å²) in [5.74, 6) is 0.0508. The van der Waals surface area contributed by atoms with Gasteiger partial charge in [0.2, 0.25) is 5.91 Å². The van der Waals surface area contributed by atoms with Crippen molar-refractivity contribution in [3.63, 3.8) is 0 Å². The molecule has 0 atom stereocenters. The molecule has 2 N–H and O–H groups in total. The van der Waals surface area contributed by atoms with E-state index in [1.165, 1.54) is 5.69 Å². The van der Waals surface area contributed by atoms with Gasteiger partial charge in [-0.25, -0.2) is 0 Å². The molecule has 0 radical (unpaired) electrons. The van der Waals surface area contributed by atoms with Crippen LogP contribution >= 0.6 is 0 Å². The van der Waals surface area contributed by atoms with Crippen LogP contribution in [0.4, 0.5) is 5.69 Å². The molecule has 0 saturated carbocycles. The van der Waals surface area contributed by atoms with E-state index in [4.69, 9.17) is 0 Å². The third-order valence-corrected chi connectivity index (χ3v) is 2.53. The molecule has 4 nitrogen and oxygen atoms in total. The normalized spacial score (nSPS) is 10.0. The number of carbonyl (C=O) groups is 1. The van der Waals surface area contributed by atoms with Gasteiger partial charge in [0.25, 0.3) is 0 Å². The van der Waals surface area contributed by atoms with Gasteiger partial charge in [-0.2, -0.15) is 0 Å². The van der Waals surface area contributed by atoms with Gasteiger partial charge < -0.3 is 15.5 Å². The van der Waals surface area contributed by atoms with Gasteiger partial charge in [-0.1, -0.05) is 18.2 Å². The maximum absolute atomic E-state index is 11.2. The zero-order valence-electron chi connectivity index (χ0n) is 10.6. The SMILES string of the molecule is CNCC(=O)NCCCN(C)c1ccccc1. The second kappa shape index (κ2) is 7.68. The van der Waals surface area contributed by atoms with E-state index in [2.05, 4.69) is 34.7 Å². The summed E-state index contributed by atoms with van der Waals surface area (Å²) in [7, 11) is 3.83. The summed E-state index contributed by atoms with van der Waals surface area (Å²) in [4.78, 5) is 13.4. The number of hydrogen-bond donors (Lipinski definition) is 2. The lowest BCUT2D eigenvalue weighted by molar-refractivity contribution is -0.120. The molecule has 1 aromatic rings. The molecule has 0 unspecified atom stereocenters. The molecule has 94 valence electrons. The molecule has 0 aliphatic carbocycles. The van der Waals surface area contributed by atoms with E-state index in [1.807, 2.05) is 18.2 Å². The number of amides is 1. The Morgan fingerprint density at radius 2 is 2.00 bits per heavy atom. The Balaban J connectivity index is 2.17. The number of anilines is 1. The Kier molecular flexibility index (Phi) is 6.10. The van der Waals surface area contributed by atoms with Crippen molar-refractivity contribution in [1.29, 1.82) is 0 Å². The summed E-state index contributed by atoms with van der Waals surface area (Å²) >= 11 is 0. The molecule has 4 heteroatoms. The number of hydrogen-bond acceptors (Lipinski definition) is 3. The number of benzene rings is 1. The number of carbonyl (C=O) groups excluding carboxylic acids is 1. The highest BCUT2D eigenvalue weighted by Crippen LogP contribution is 2.10. The van der Waals surface area contributed by atoms with E-state index in [0.29, 0.717) is 6.54 Å². The van der Waals surface area contributed by atoms with Gasteiger partial charge in [-0.05, 0) is 25.6 Å². The van der Waals surface area contributed by atoms with Crippen LogP contribution in [0.15, 0.2) is 30.3 Å². The van der Waals surface area contributed by atoms with Gasteiger partial charge in [0, 0.05) is 25.8 Å². The number of para-hydroxylation sites is 1. The molecule has 17 heavy (non-hydrogen) atoms. The van der Waals surface area contributed by atoms with Crippen LogP contribution in [0, 0.1) is 0 Å². The Bertz CT molecular complexity index is 327. The molecule has 1 aromatic carbocycles. The fourth-order valence-electron chi connectivity index (χ4n) is 1.58. The zero-order valence-corrected chi connectivity index (χ0v) is 10.6.